The van der Waals surface area contributed by atoms with Crippen LogP contribution in [0.4, 0.5) is 8.78 Å². The summed E-state index contributed by atoms with van der Waals surface area (Å²) in [6.07, 6.45) is 0.330. The van der Waals surface area contributed by atoms with Crippen molar-refractivity contribution < 1.29 is 28.0 Å². The van der Waals surface area contributed by atoms with Gasteiger partial charge >= 0.3 is 5.92 Å². The smallest absolute Gasteiger partial charge is 0.349 e. The number of benzene rings is 2. The summed E-state index contributed by atoms with van der Waals surface area (Å²) in [6, 6.07) is 5.71. The number of nitrogens with one attached hydrogen (secondary N) is 2. The number of hydrogen-bond donors (Lipinski definition) is 2. The first-order valence-corrected chi connectivity index (χ1v) is 12.7. The fraction of sp³-hybridized carbons (Fsp3) is 0.273. The summed E-state index contributed by atoms with van der Waals surface area (Å²) in [5.41, 5.74) is 2.44. The molecule has 7 nitrogen and oxygen atoms in total. The van der Waals surface area contributed by atoms with Gasteiger partial charge in [-0.25, -0.2) is 0 Å². The van der Waals surface area contributed by atoms with Crippen LogP contribution in [0, 0.1) is 0 Å². The van der Waals surface area contributed by atoms with Gasteiger partial charge in [0.25, 0.3) is 11.8 Å². The van der Waals surface area contributed by atoms with Crippen LogP contribution in [0.15, 0.2) is 30.3 Å². The van der Waals surface area contributed by atoms with Gasteiger partial charge in [0.2, 0.25) is 11.8 Å². The molecule has 0 spiro atoms. The first-order chi connectivity index (χ1) is 17.5. The van der Waals surface area contributed by atoms with Crippen LogP contribution in [-0.2, 0) is 31.0 Å². The molecule has 0 saturated carbocycles. The van der Waals surface area contributed by atoms with E-state index in [9.17, 15) is 19.2 Å². The minimum atomic E-state index is -3.81. The number of halogens is 3. The largest absolute Gasteiger partial charge is 0.357 e. The summed E-state index contributed by atoms with van der Waals surface area (Å²) in [4.78, 5) is 52.4. The predicted molar refractivity (Wildman–Crippen MR) is 156 cm³/mol. The Labute approximate surface area is 229 Å². The van der Waals surface area contributed by atoms with E-state index in [1.54, 1.807) is 37.5 Å². The van der Waals surface area contributed by atoms with Crippen molar-refractivity contribution in [3.05, 3.63) is 57.6 Å². The van der Waals surface area contributed by atoms with E-state index in [1.807, 2.05) is 15.7 Å². The molecule has 16 heteroatoms. The molecule has 4 amide bonds. The van der Waals surface area contributed by atoms with E-state index >= 15 is 8.78 Å². The van der Waals surface area contributed by atoms with Crippen molar-refractivity contribution >= 4 is 93.2 Å². The zero-order chi connectivity index (χ0) is 28.4. The highest BCUT2D eigenvalue weighted by Crippen LogP contribution is 2.37. The molecule has 2 aromatic carbocycles. The zero-order valence-electron chi connectivity index (χ0n) is 22.1. The average Bonchev–Trinajstić information content (AvgIpc) is 3.02. The van der Waals surface area contributed by atoms with Gasteiger partial charge in [-0.15, -0.1) is 0 Å². The monoisotopic (exact) mass is 533 g/mol. The van der Waals surface area contributed by atoms with E-state index in [4.69, 9.17) is 11.6 Å². The average molecular weight is 533 g/mol. The van der Waals surface area contributed by atoms with Crippen LogP contribution in [0.25, 0.3) is 0 Å². The number of fused-ring (bicyclic) bond motifs is 1. The van der Waals surface area contributed by atoms with Crippen LogP contribution in [0.2, 0.25) is 5.02 Å². The van der Waals surface area contributed by atoms with E-state index in [-0.39, 0.29) is 29.7 Å². The Balaban J connectivity index is 1.72. The molecule has 1 atom stereocenters. The second-order valence-electron chi connectivity index (χ2n) is 11.0. The number of amides is 4. The molecular weight excluding hydrogens is 509 g/mol. The molecule has 0 bridgehead atoms. The number of carbonyl (C=O) groups excluding carboxylic acids is 4. The SMILES string of the molecule is Bc1cc(C(B)(B)NC(=O)C(F)(F)c2ccc(Cl)cc2)c(B)c2c1C(=O)N(C1CCC(=O)NC1=O)C2(B)B. The third kappa shape index (κ3) is 4.48. The number of nitrogens with zero attached hydrogens (tertiary/aromatic N) is 1. The molecule has 0 aromatic heterocycles. The van der Waals surface area contributed by atoms with E-state index < -0.39 is 40.0 Å². The van der Waals surface area contributed by atoms with Crippen molar-refractivity contribution in [2.75, 3.05) is 0 Å². The van der Waals surface area contributed by atoms with Crippen molar-refractivity contribution in [3.63, 3.8) is 0 Å². The molecule has 0 aliphatic carbocycles. The van der Waals surface area contributed by atoms with Gasteiger partial charge in [0.05, 0.1) is 0 Å². The summed E-state index contributed by atoms with van der Waals surface area (Å²) in [6.45, 7) is 0. The highest BCUT2D eigenvalue weighted by molar-refractivity contribution is 6.51. The lowest BCUT2D eigenvalue weighted by Crippen LogP contribution is -2.60. The summed E-state index contributed by atoms with van der Waals surface area (Å²) in [5.74, 6) is -6.51. The van der Waals surface area contributed by atoms with Crippen LogP contribution in [-0.4, -0.2) is 81.6 Å². The number of piperidine rings is 1. The van der Waals surface area contributed by atoms with Crippen LogP contribution >= 0.6 is 11.6 Å². The number of hydrogen-bond acceptors (Lipinski definition) is 4. The molecule has 2 N–H and O–H groups in total. The van der Waals surface area contributed by atoms with Crippen molar-refractivity contribution in [2.45, 2.75) is 35.5 Å². The minimum absolute atomic E-state index is 0.122. The Morgan fingerprint density at radius 2 is 1.74 bits per heavy atom. The normalized spacial score (nSPS) is 19.2. The standard InChI is InChI=1S/C22H24B6ClF2N3O4/c23-11-7-10(21(25,26)33-19(38)20(30,31)8-1-3-9(29)4-2-8)16(24)15-14(11)18(37)34(22(15,27)28)12-5-6-13(35)32-17(12)36/h1-4,7,12H,5-6,23-28H2,(H,33,38)(H,32,35,36). The number of alkyl halides is 2. The molecular formula is C22H24B6ClF2N3O4. The molecule has 1 unspecified atom stereocenters. The van der Waals surface area contributed by atoms with Crippen molar-refractivity contribution in [3.8, 4) is 0 Å². The second-order valence-corrected chi connectivity index (χ2v) is 11.4. The molecule has 0 radical (unpaired) electrons. The van der Waals surface area contributed by atoms with E-state index in [2.05, 4.69) is 10.6 Å². The third-order valence-corrected chi connectivity index (χ3v) is 7.80. The van der Waals surface area contributed by atoms with E-state index in [0.717, 1.165) is 12.1 Å². The van der Waals surface area contributed by atoms with E-state index in [1.165, 1.54) is 17.0 Å². The van der Waals surface area contributed by atoms with Gasteiger partial charge in [-0.2, -0.15) is 8.78 Å². The molecule has 38 heavy (non-hydrogen) atoms. The molecule has 1 fully saturated rings. The van der Waals surface area contributed by atoms with Gasteiger partial charge < -0.3 is 10.2 Å². The lowest BCUT2D eigenvalue weighted by molar-refractivity contribution is -0.147. The van der Waals surface area contributed by atoms with Gasteiger partial charge in [0.1, 0.15) is 53.1 Å². The Bertz CT molecular complexity index is 1390. The number of rotatable bonds is 5. The third-order valence-electron chi connectivity index (χ3n) is 7.54. The maximum absolute atomic E-state index is 15.1. The van der Waals surface area contributed by atoms with Gasteiger partial charge in [-0.1, -0.05) is 40.7 Å². The van der Waals surface area contributed by atoms with E-state index in [0.29, 0.717) is 27.6 Å². The van der Waals surface area contributed by atoms with Crippen molar-refractivity contribution in [2.24, 2.45) is 0 Å². The molecule has 2 aliphatic heterocycles. The maximum atomic E-state index is 15.1. The summed E-state index contributed by atoms with van der Waals surface area (Å²) < 4.78 is 30.1. The van der Waals surface area contributed by atoms with Crippen LogP contribution in [0.3, 0.4) is 0 Å². The maximum Gasteiger partial charge on any atom is 0.349 e. The predicted octanol–water partition coefficient (Wildman–Crippen LogP) is -5.22. The fourth-order valence-corrected chi connectivity index (χ4v) is 5.91. The van der Waals surface area contributed by atoms with Gasteiger partial charge in [0.15, 0.2) is 0 Å². The molecule has 2 aliphatic rings. The molecule has 190 valence electrons. The lowest BCUT2D eigenvalue weighted by Gasteiger charge is -2.41. The van der Waals surface area contributed by atoms with Gasteiger partial charge in [0, 0.05) is 33.2 Å². The second kappa shape index (κ2) is 9.36. The minimum Gasteiger partial charge on any atom is -0.357 e. The van der Waals surface area contributed by atoms with Crippen molar-refractivity contribution in [1.82, 2.24) is 15.5 Å². The summed E-state index contributed by atoms with van der Waals surface area (Å²) >= 11 is 5.80. The zero-order valence-corrected chi connectivity index (χ0v) is 22.8. The first-order valence-electron chi connectivity index (χ1n) is 12.3. The fourth-order valence-electron chi connectivity index (χ4n) is 5.78. The Hall–Kier alpha value is -2.94. The molecule has 2 aromatic rings. The van der Waals surface area contributed by atoms with Crippen LogP contribution in [0.1, 0.15) is 39.9 Å². The summed E-state index contributed by atoms with van der Waals surface area (Å²) in [5, 5.41) is 2.90. The van der Waals surface area contributed by atoms with Crippen LogP contribution < -0.4 is 21.6 Å². The first kappa shape index (κ1) is 28.1. The number of imide groups is 1. The van der Waals surface area contributed by atoms with Gasteiger partial charge in [-0.3, -0.25) is 24.5 Å². The molecule has 1 saturated heterocycles. The Kier molecular flexibility index (Phi) is 6.92. The summed E-state index contributed by atoms with van der Waals surface area (Å²) in [7, 11) is 10.4. The Morgan fingerprint density at radius 3 is 2.32 bits per heavy atom. The number of carbonyl (C=O) groups is 4. The van der Waals surface area contributed by atoms with Gasteiger partial charge in [-0.05, 0) is 29.7 Å². The quantitative estimate of drug-likeness (QED) is 0.297. The highest BCUT2D eigenvalue weighted by Gasteiger charge is 2.51. The molecule has 4 rings (SSSR count). The molecule has 2 heterocycles. The highest BCUT2D eigenvalue weighted by atomic mass is 35.5. The van der Waals surface area contributed by atoms with Crippen molar-refractivity contribution in [1.29, 1.82) is 0 Å². The van der Waals surface area contributed by atoms with Crippen LogP contribution in [0.5, 0.6) is 0 Å². The Morgan fingerprint density at radius 1 is 1.13 bits per heavy atom. The topological polar surface area (TPSA) is 95.6 Å². The lowest BCUT2D eigenvalue weighted by atomic mass is 9.50.